The molecular formula is C15H18N4O3. The lowest BCUT2D eigenvalue weighted by Gasteiger charge is -2.38. The number of likely N-dealkylation sites (tertiary alicyclic amines) is 1. The Morgan fingerprint density at radius 3 is 3.18 bits per heavy atom. The highest BCUT2D eigenvalue weighted by Crippen LogP contribution is 2.18. The molecule has 7 nitrogen and oxygen atoms in total. The molecule has 0 bridgehead atoms. The molecule has 3 rings (SSSR count). The number of amides is 2. The van der Waals surface area contributed by atoms with Gasteiger partial charge in [0, 0.05) is 25.4 Å². The molecule has 7 heteroatoms. The van der Waals surface area contributed by atoms with Crippen LogP contribution >= 0.6 is 0 Å². The summed E-state index contributed by atoms with van der Waals surface area (Å²) < 4.78 is 11.2. The largest absolute Gasteiger partial charge is 0.487 e. The fraction of sp³-hybridized carbons (Fsp3) is 0.533. The fourth-order valence-electron chi connectivity index (χ4n) is 2.53. The highest BCUT2D eigenvalue weighted by Gasteiger charge is 2.32. The third-order valence-corrected chi connectivity index (χ3v) is 3.79. The lowest BCUT2D eigenvalue weighted by Crippen LogP contribution is -2.59. The van der Waals surface area contributed by atoms with E-state index >= 15 is 0 Å². The number of carbonyl (C=O) groups excluding carboxylic acids is 1. The number of nitrogens with one attached hydrogen (secondary N) is 1. The Balaban J connectivity index is 1.39. The second-order valence-corrected chi connectivity index (χ2v) is 5.45. The average molecular weight is 302 g/mol. The summed E-state index contributed by atoms with van der Waals surface area (Å²) in [5, 5.41) is 11.7. The number of hydrogen-bond acceptors (Lipinski definition) is 5. The van der Waals surface area contributed by atoms with E-state index in [1.54, 1.807) is 23.2 Å². The zero-order valence-electron chi connectivity index (χ0n) is 12.2. The van der Waals surface area contributed by atoms with Crippen molar-refractivity contribution in [2.45, 2.75) is 25.0 Å². The highest BCUT2D eigenvalue weighted by atomic mass is 16.5. The molecule has 2 amide bonds. The maximum absolute atomic E-state index is 11.9. The second-order valence-electron chi connectivity index (χ2n) is 5.45. The number of ether oxygens (including phenoxy) is 2. The smallest absolute Gasteiger partial charge is 0.317 e. The van der Waals surface area contributed by atoms with Gasteiger partial charge in [-0.05, 0) is 18.9 Å². The number of hydrogen-bond donors (Lipinski definition) is 1. The van der Waals surface area contributed by atoms with Crippen LogP contribution in [0.3, 0.4) is 0 Å². The lowest BCUT2D eigenvalue weighted by molar-refractivity contribution is 0.0421. The molecule has 0 saturated carbocycles. The first kappa shape index (κ1) is 14.6. The van der Waals surface area contributed by atoms with Crippen molar-refractivity contribution in [3.63, 3.8) is 0 Å². The molecule has 22 heavy (non-hydrogen) atoms. The van der Waals surface area contributed by atoms with Gasteiger partial charge in [0.05, 0.1) is 19.2 Å². The first-order valence-corrected chi connectivity index (χ1v) is 7.42. The summed E-state index contributed by atoms with van der Waals surface area (Å²) in [5.74, 6) is 0.607. The van der Waals surface area contributed by atoms with Gasteiger partial charge in [0.2, 0.25) is 0 Å². The van der Waals surface area contributed by atoms with Gasteiger partial charge < -0.3 is 19.7 Å². The van der Waals surface area contributed by atoms with Crippen LogP contribution in [0.25, 0.3) is 0 Å². The normalized spacial score (nSPS) is 21.0. The van der Waals surface area contributed by atoms with E-state index in [4.69, 9.17) is 14.7 Å². The van der Waals surface area contributed by atoms with E-state index in [2.05, 4.69) is 10.3 Å². The molecule has 0 radical (unpaired) electrons. The van der Waals surface area contributed by atoms with Gasteiger partial charge in [-0.25, -0.2) is 9.78 Å². The van der Waals surface area contributed by atoms with Crippen LogP contribution in [-0.4, -0.2) is 54.4 Å². The lowest BCUT2D eigenvalue weighted by atomic mass is 10.2. The monoisotopic (exact) mass is 302 g/mol. The van der Waals surface area contributed by atoms with Crippen LogP contribution in [0.1, 0.15) is 18.5 Å². The van der Waals surface area contributed by atoms with Crippen molar-refractivity contribution in [3.05, 3.63) is 24.0 Å². The number of pyridine rings is 1. The average Bonchev–Trinajstić information content (AvgIpc) is 3.01. The fourth-order valence-corrected chi connectivity index (χ4v) is 2.53. The number of rotatable bonds is 4. The molecule has 2 aliphatic heterocycles. The first-order valence-electron chi connectivity index (χ1n) is 7.42. The van der Waals surface area contributed by atoms with E-state index in [1.807, 2.05) is 6.07 Å². The van der Waals surface area contributed by atoms with Gasteiger partial charge in [-0.3, -0.25) is 0 Å². The quantitative estimate of drug-likeness (QED) is 0.893. The van der Waals surface area contributed by atoms with Gasteiger partial charge >= 0.3 is 6.03 Å². The van der Waals surface area contributed by atoms with E-state index in [0.717, 1.165) is 19.4 Å². The Hall–Kier alpha value is -2.33. The Labute approximate surface area is 128 Å². The number of nitrogens with zero attached hydrogens (tertiary/aromatic N) is 3. The van der Waals surface area contributed by atoms with Crippen molar-refractivity contribution in [1.82, 2.24) is 15.2 Å². The van der Waals surface area contributed by atoms with Gasteiger partial charge in [0.1, 0.15) is 23.6 Å². The molecule has 2 aliphatic rings. The zero-order valence-corrected chi connectivity index (χ0v) is 12.2. The predicted molar refractivity (Wildman–Crippen MR) is 77.3 cm³/mol. The van der Waals surface area contributed by atoms with Crippen molar-refractivity contribution in [1.29, 1.82) is 5.26 Å². The summed E-state index contributed by atoms with van der Waals surface area (Å²) in [7, 11) is 0. The first-order chi connectivity index (χ1) is 10.7. The molecule has 3 heterocycles. The van der Waals surface area contributed by atoms with Crippen LogP contribution in [0.4, 0.5) is 4.79 Å². The Bertz CT molecular complexity index is 574. The molecule has 2 saturated heterocycles. The third kappa shape index (κ3) is 3.46. The SMILES string of the molecule is N#Cc1cc(OC2CN(C(=O)NCC3CCCO3)C2)ccn1. The zero-order chi connectivity index (χ0) is 15.4. The van der Waals surface area contributed by atoms with Gasteiger partial charge in [-0.1, -0.05) is 0 Å². The van der Waals surface area contributed by atoms with E-state index < -0.39 is 0 Å². The van der Waals surface area contributed by atoms with Crippen molar-refractivity contribution in [3.8, 4) is 11.8 Å². The van der Waals surface area contributed by atoms with Gasteiger partial charge in [-0.15, -0.1) is 0 Å². The molecule has 1 aromatic rings. The minimum Gasteiger partial charge on any atom is -0.487 e. The Morgan fingerprint density at radius 2 is 2.45 bits per heavy atom. The minimum absolute atomic E-state index is 0.0394. The van der Waals surface area contributed by atoms with E-state index in [9.17, 15) is 4.79 Å². The van der Waals surface area contributed by atoms with Crippen molar-refractivity contribution >= 4 is 6.03 Å². The molecule has 1 atom stereocenters. The summed E-state index contributed by atoms with van der Waals surface area (Å²) in [4.78, 5) is 17.5. The third-order valence-electron chi connectivity index (χ3n) is 3.79. The molecule has 0 aromatic carbocycles. The summed E-state index contributed by atoms with van der Waals surface area (Å²) >= 11 is 0. The summed E-state index contributed by atoms with van der Waals surface area (Å²) in [6.07, 6.45) is 3.73. The minimum atomic E-state index is -0.0807. The summed E-state index contributed by atoms with van der Waals surface area (Å²) in [5.41, 5.74) is 0.322. The summed E-state index contributed by atoms with van der Waals surface area (Å²) in [6.45, 7) is 2.44. The van der Waals surface area contributed by atoms with Gasteiger partial charge in [0.25, 0.3) is 0 Å². The van der Waals surface area contributed by atoms with Crippen molar-refractivity contribution < 1.29 is 14.3 Å². The molecule has 0 spiro atoms. The van der Waals surface area contributed by atoms with Crippen LogP contribution < -0.4 is 10.1 Å². The standard InChI is InChI=1S/C15H18N4O3/c16-7-11-6-12(3-4-17-11)22-14-9-19(10-14)15(20)18-8-13-2-1-5-21-13/h3-4,6,13-14H,1-2,5,8-10H2,(H,18,20). The molecule has 1 N–H and O–H groups in total. The van der Waals surface area contributed by atoms with Crippen molar-refractivity contribution in [2.24, 2.45) is 0 Å². The van der Waals surface area contributed by atoms with E-state index in [1.165, 1.54) is 0 Å². The second kappa shape index (κ2) is 6.62. The number of aromatic nitrogens is 1. The van der Waals surface area contributed by atoms with Crippen LogP contribution in [0.2, 0.25) is 0 Å². The molecule has 1 unspecified atom stereocenters. The molecule has 0 aliphatic carbocycles. The maximum atomic E-state index is 11.9. The van der Waals surface area contributed by atoms with Crippen LogP contribution in [-0.2, 0) is 4.74 Å². The van der Waals surface area contributed by atoms with Gasteiger partial charge in [0.15, 0.2) is 0 Å². The Kier molecular flexibility index (Phi) is 4.39. The Morgan fingerprint density at radius 1 is 1.59 bits per heavy atom. The molecule has 2 fully saturated rings. The highest BCUT2D eigenvalue weighted by molar-refractivity contribution is 5.75. The number of nitriles is 1. The molecule has 116 valence electrons. The number of urea groups is 1. The van der Waals surface area contributed by atoms with E-state index in [-0.39, 0.29) is 18.2 Å². The molecule has 1 aromatic heterocycles. The van der Waals surface area contributed by atoms with E-state index in [0.29, 0.717) is 31.1 Å². The molecular weight excluding hydrogens is 284 g/mol. The maximum Gasteiger partial charge on any atom is 0.317 e. The van der Waals surface area contributed by atoms with Crippen molar-refractivity contribution in [2.75, 3.05) is 26.2 Å². The summed E-state index contributed by atoms with van der Waals surface area (Å²) in [6, 6.07) is 5.20. The number of carbonyl (C=O) groups is 1. The van der Waals surface area contributed by atoms with Crippen LogP contribution in [0.15, 0.2) is 18.3 Å². The van der Waals surface area contributed by atoms with Crippen LogP contribution in [0, 0.1) is 11.3 Å². The topological polar surface area (TPSA) is 87.5 Å². The predicted octanol–water partition coefficient (Wildman–Crippen LogP) is 0.905. The van der Waals surface area contributed by atoms with Gasteiger partial charge in [-0.2, -0.15) is 5.26 Å². The van der Waals surface area contributed by atoms with Crippen LogP contribution in [0.5, 0.6) is 5.75 Å².